The summed E-state index contributed by atoms with van der Waals surface area (Å²) >= 11 is 0. The summed E-state index contributed by atoms with van der Waals surface area (Å²) in [5.41, 5.74) is 2.45. The molecule has 0 aliphatic rings. The van der Waals surface area contributed by atoms with Gasteiger partial charge in [0, 0.05) is 6.61 Å². The highest BCUT2D eigenvalue weighted by molar-refractivity contribution is 5.27. The molecule has 0 spiro atoms. The molecule has 0 saturated heterocycles. The van der Waals surface area contributed by atoms with Crippen LogP contribution in [0.5, 0.6) is 5.75 Å². The molecule has 28 heavy (non-hydrogen) atoms. The number of ether oxygens (including phenoxy) is 3. The average Bonchev–Trinajstić information content (AvgIpc) is 2.67. The fraction of sp³-hybridized carbons (Fsp3) is 0.520. The van der Waals surface area contributed by atoms with Crippen LogP contribution in [-0.4, -0.2) is 25.4 Å². The molecule has 0 aliphatic carbocycles. The van der Waals surface area contributed by atoms with Crippen molar-refractivity contribution < 1.29 is 14.2 Å². The summed E-state index contributed by atoms with van der Waals surface area (Å²) in [4.78, 5) is 0. The van der Waals surface area contributed by atoms with Crippen molar-refractivity contribution in [2.45, 2.75) is 65.3 Å². The van der Waals surface area contributed by atoms with Gasteiger partial charge in [0.1, 0.15) is 5.75 Å². The Morgan fingerprint density at radius 1 is 0.893 bits per heavy atom. The fourth-order valence-corrected chi connectivity index (χ4v) is 3.28. The minimum Gasteiger partial charge on any atom is -0.497 e. The van der Waals surface area contributed by atoms with Gasteiger partial charge in [0.25, 0.3) is 0 Å². The zero-order chi connectivity index (χ0) is 20.4. The zero-order valence-electron chi connectivity index (χ0n) is 18.1. The van der Waals surface area contributed by atoms with E-state index < -0.39 is 0 Å². The van der Waals surface area contributed by atoms with E-state index in [1.807, 2.05) is 18.2 Å². The largest absolute Gasteiger partial charge is 0.497 e. The van der Waals surface area contributed by atoms with Gasteiger partial charge in [-0.2, -0.15) is 0 Å². The molecule has 2 unspecified atom stereocenters. The highest BCUT2D eigenvalue weighted by atomic mass is 16.5. The van der Waals surface area contributed by atoms with Gasteiger partial charge in [0.2, 0.25) is 0 Å². The third-order valence-electron chi connectivity index (χ3n) is 4.79. The molecular weight excluding hydrogens is 348 g/mol. The first kappa shape index (κ1) is 22.4. The average molecular weight is 385 g/mol. The van der Waals surface area contributed by atoms with Crippen molar-refractivity contribution in [1.82, 2.24) is 0 Å². The van der Waals surface area contributed by atoms with Gasteiger partial charge < -0.3 is 14.2 Å². The smallest absolute Gasteiger partial charge is 0.118 e. The minimum atomic E-state index is -0.0971. The quantitative estimate of drug-likeness (QED) is 0.472. The van der Waals surface area contributed by atoms with Gasteiger partial charge >= 0.3 is 0 Å². The highest BCUT2D eigenvalue weighted by Crippen LogP contribution is 2.23. The lowest BCUT2D eigenvalue weighted by Crippen LogP contribution is -2.23. The van der Waals surface area contributed by atoms with Gasteiger partial charge in [-0.05, 0) is 76.1 Å². The molecule has 0 heterocycles. The van der Waals surface area contributed by atoms with Gasteiger partial charge in [-0.1, -0.05) is 42.5 Å². The maximum atomic E-state index is 6.12. The molecule has 3 nitrogen and oxygen atoms in total. The SMILES string of the molecule is COc1ccc(CC(CCOC(C)(C)C)CC(C)OCc2ccccc2)cc1. The summed E-state index contributed by atoms with van der Waals surface area (Å²) in [5.74, 6) is 1.41. The Balaban J connectivity index is 1.91. The Hall–Kier alpha value is -1.84. The van der Waals surface area contributed by atoms with Crippen LogP contribution in [0.15, 0.2) is 54.6 Å². The molecule has 0 radical (unpaired) electrons. The molecule has 0 aromatic heterocycles. The lowest BCUT2D eigenvalue weighted by Gasteiger charge is -2.25. The van der Waals surface area contributed by atoms with Crippen LogP contribution in [0.4, 0.5) is 0 Å². The first-order chi connectivity index (χ1) is 13.4. The Morgan fingerprint density at radius 2 is 1.57 bits per heavy atom. The van der Waals surface area contributed by atoms with E-state index in [1.165, 1.54) is 11.1 Å². The first-order valence-corrected chi connectivity index (χ1v) is 10.3. The van der Waals surface area contributed by atoms with Crippen LogP contribution in [0.25, 0.3) is 0 Å². The van der Waals surface area contributed by atoms with Crippen LogP contribution < -0.4 is 4.74 Å². The van der Waals surface area contributed by atoms with Crippen LogP contribution >= 0.6 is 0 Å². The number of rotatable bonds is 11. The van der Waals surface area contributed by atoms with Crippen molar-refractivity contribution in [3.63, 3.8) is 0 Å². The van der Waals surface area contributed by atoms with E-state index in [9.17, 15) is 0 Å². The van der Waals surface area contributed by atoms with Crippen LogP contribution in [-0.2, 0) is 22.5 Å². The molecule has 0 bridgehead atoms. The number of benzene rings is 2. The molecule has 0 amide bonds. The predicted molar refractivity (Wildman–Crippen MR) is 116 cm³/mol. The van der Waals surface area contributed by atoms with E-state index in [2.05, 4.69) is 64.1 Å². The van der Waals surface area contributed by atoms with Crippen molar-refractivity contribution in [2.75, 3.05) is 13.7 Å². The van der Waals surface area contributed by atoms with E-state index in [1.54, 1.807) is 7.11 Å². The van der Waals surface area contributed by atoms with Gasteiger partial charge in [0.15, 0.2) is 0 Å². The second-order valence-electron chi connectivity index (χ2n) is 8.51. The molecule has 0 N–H and O–H groups in total. The third kappa shape index (κ3) is 8.90. The molecule has 0 aliphatic heterocycles. The lowest BCUT2D eigenvalue weighted by atomic mass is 9.91. The standard InChI is InChI=1S/C25H36O3/c1-20(27-19-22-9-7-6-8-10-22)17-23(15-16-28-25(2,3)4)18-21-11-13-24(26-5)14-12-21/h6-14,20,23H,15-19H2,1-5H3. The molecule has 2 aromatic carbocycles. The van der Waals surface area contributed by atoms with E-state index in [-0.39, 0.29) is 11.7 Å². The van der Waals surface area contributed by atoms with Crippen LogP contribution in [0.2, 0.25) is 0 Å². The molecule has 3 heteroatoms. The van der Waals surface area contributed by atoms with E-state index in [0.717, 1.165) is 31.6 Å². The second kappa shape index (κ2) is 11.2. The Bertz CT molecular complexity index is 658. The van der Waals surface area contributed by atoms with Crippen molar-refractivity contribution in [3.05, 3.63) is 65.7 Å². The molecule has 2 aromatic rings. The topological polar surface area (TPSA) is 27.7 Å². The summed E-state index contributed by atoms with van der Waals surface area (Å²) in [6, 6.07) is 18.8. The molecule has 154 valence electrons. The summed E-state index contributed by atoms with van der Waals surface area (Å²) in [6.07, 6.45) is 3.28. The molecular formula is C25H36O3. The third-order valence-corrected chi connectivity index (χ3v) is 4.79. The van der Waals surface area contributed by atoms with E-state index in [0.29, 0.717) is 12.5 Å². The van der Waals surface area contributed by atoms with Crippen molar-refractivity contribution >= 4 is 0 Å². The fourth-order valence-electron chi connectivity index (χ4n) is 3.28. The Morgan fingerprint density at radius 3 is 2.18 bits per heavy atom. The van der Waals surface area contributed by atoms with Gasteiger partial charge in [-0.25, -0.2) is 0 Å². The predicted octanol–water partition coefficient (Wildman–Crippen LogP) is 6.05. The van der Waals surface area contributed by atoms with Crippen LogP contribution in [0.3, 0.4) is 0 Å². The molecule has 0 fully saturated rings. The Kier molecular flexibility index (Phi) is 9.01. The molecule has 2 atom stereocenters. The van der Waals surface area contributed by atoms with Crippen molar-refractivity contribution in [1.29, 1.82) is 0 Å². The number of methoxy groups -OCH3 is 1. The summed E-state index contributed by atoms with van der Waals surface area (Å²) in [6.45, 7) is 9.94. The minimum absolute atomic E-state index is 0.0971. The summed E-state index contributed by atoms with van der Waals surface area (Å²) in [5, 5.41) is 0. The zero-order valence-corrected chi connectivity index (χ0v) is 18.1. The first-order valence-electron chi connectivity index (χ1n) is 10.3. The number of hydrogen-bond acceptors (Lipinski definition) is 3. The van der Waals surface area contributed by atoms with Crippen LogP contribution in [0.1, 0.15) is 51.7 Å². The molecule has 0 saturated carbocycles. The maximum Gasteiger partial charge on any atom is 0.118 e. The van der Waals surface area contributed by atoms with Gasteiger partial charge in [-0.15, -0.1) is 0 Å². The van der Waals surface area contributed by atoms with Crippen molar-refractivity contribution in [2.24, 2.45) is 5.92 Å². The van der Waals surface area contributed by atoms with Crippen molar-refractivity contribution in [3.8, 4) is 5.75 Å². The normalized spacial score (nSPS) is 13.9. The summed E-state index contributed by atoms with van der Waals surface area (Å²) in [7, 11) is 1.70. The highest BCUT2D eigenvalue weighted by Gasteiger charge is 2.17. The van der Waals surface area contributed by atoms with Gasteiger partial charge in [-0.3, -0.25) is 0 Å². The monoisotopic (exact) mass is 384 g/mol. The van der Waals surface area contributed by atoms with E-state index in [4.69, 9.17) is 14.2 Å². The summed E-state index contributed by atoms with van der Waals surface area (Å²) < 4.78 is 17.4. The Labute approximate surface area is 171 Å². The van der Waals surface area contributed by atoms with E-state index >= 15 is 0 Å². The lowest BCUT2D eigenvalue weighted by molar-refractivity contribution is -0.0153. The van der Waals surface area contributed by atoms with Gasteiger partial charge in [0.05, 0.1) is 25.4 Å². The molecule has 2 rings (SSSR count). The second-order valence-corrected chi connectivity index (χ2v) is 8.51. The maximum absolute atomic E-state index is 6.12. The number of hydrogen-bond donors (Lipinski definition) is 0. The van der Waals surface area contributed by atoms with Crippen LogP contribution in [0, 0.1) is 5.92 Å².